The minimum Gasteiger partial charge on any atom is -0.477 e. The summed E-state index contributed by atoms with van der Waals surface area (Å²) >= 11 is 0. The van der Waals surface area contributed by atoms with Gasteiger partial charge < -0.3 is 15.2 Å². The number of benzene rings is 1. The molecule has 2 rings (SSSR count). The maximum atomic E-state index is 11.1. The number of hydrogen-bond acceptors (Lipinski definition) is 4. The number of aromatic carboxylic acids is 1. The Morgan fingerprint density at radius 3 is 2.65 bits per heavy atom. The molecule has 2 N–H and O–H groups in total. The van der Waals surface area contributed by atoms with Crippen molar-refractivity contribution >= 4 is 5.97 Å². The number of rotatable bonds is 8. The average molecular weight is 314 g/mol. The first-order valence-electron chi connectivity index (χ1n) is 7.71. The van der Waals surface area contributed by atoms with Crippen molar-refractivity contribution in [3.63, 3.8) is 0 Å². The molecule has 0 unspecified atom stereocenters. The van der Waals surface area contributed by atoms with Gasteiger partial charge in [0.15, 0.2) is 0 Å². The molecular formula is C18H22N2O3. The zero-order chi connectivity index (χ0) is 16.7. The second kappa shape index (κ2) is 8.29. The number of nitrogens with zero attached hydrogens (tertiary/aromatic N) is 1. The van der Waals surface area contributed by atoms with Gasteiger partial charge in [-0.25, -0.2) is 4.79 Å². The first-order chi connectivity index (χ1) is 11.1. The highest BCUT2D eigenvalue weighted by molar-refractivity contribution is 5.90. The lowest BCUT2D eigenvalue weighted by atomic mass is 10.1. The number of nitrogens with one attached hydrogen (secondary N) is 1. The summed E-state index contributed by atoms with van der Waals surface area (Å²) in [7, 11) is 0. The van der Waals surface area contributed by atoms with E-state index in [1.807, 2.05) is 24.3 Å². The third-order valence-corrected chi connectivity index (χ3v) is 3.39. The molecule has 0 bridgehead atoms. The van der Waals surface area contributed by atoms with Crippen molar-refractivity contribution in [3.05, 3.63) is 53.9 Å². The van der Waals surface area contributed by atoms with Gasteiger partial charge in [-0.1, -0.05) is 26.0 Å². The number of ether oxygens (including phenoxy) is 1. The van der Waals surface area contributed by atoms with Crippen LogP contribution in [0.1, 0.15) is 36.2 Å². The fourth-order valence-electron chi connectivity index (χ4n) is 2.06. The van der Waals surface area contributed by atoms with Crippen molar-refractivity contribution in [2.75, 3.05) is 6.54 Å². The summed E-state index contributed by atoms with van der Waals surface area (Å²) in [5.74, 6) is 0.529. The Labute approximate surface area is 136 Å². The Morgan fingerprint density at radius 1 is 1.26 bits per heavy atom. The number of carboxylic acid groups (broad SMARTS) is 1. The Morgan fingerprint density at radius 2 is 2.00 bits per heavy atom. The smallest absolute Gasteiger partial charge is 0.341 e. The first-order valence-corrected chi connectivity index (χ1v) is 7.71. The lowest BCUT2D eigenvalue weighted by Gasteiger charge is -2.10. The molecule has 0 saturated heterocycles. The van der Waals surface area contributed by atoms with Gasteiger partial charge in [-0.05, 0) is 36.6 Å². The van der Waals surface area contributed by atoms with E-state index in [0.717, 1.165) is 25.1 Å². The number of hydrogen-bond donors (Lipinski definition) is 2. The Bertz CT molecular complexity index is 639. The minimum atomic E-state index is -1.06. The van der Waals surface area contributed by atoms with Gasteiger partial charge in [-0.2, -0.15) is 0 Å². The minimum absolute atomic E-state index is 0.0481. The zero-order valence-corrected chi connectivity index (χ0v) is 13.5. The number of carboxylic acids is 1. The molecule has 0 aliphatic rings. The molecular weight excluding hydrogens is 292 g/mol. The topological polar surface area (TPSA) is 71.5 Å². The lowest BCUT2D eigenvalue weighted by Crippen LogP contribution is -2.16. The quantitative estimate of drug-likeness (QED) is 0.727. The molecule has 0 saturated carbocycles. The third kappa shape index (κ3) is 5.38. The summed E-state index contributed by atoms with van der Waals surface area (Å²) in [6, 6.07) is 9.17. The van der Waals surface area contributed by atoms with E-state index in [-0.39, 0.29) is 11.3 Å². The van der Waals surface area contributed by atoms with E-state index in [1.165, 1.54) is 12.4 Å². The van der Waals surface area contributed by atoms with Crippen molar-refractivity contribution < 1.29 is 14.6 Å². The number of pyridine rings is 1. The van der Waals surface area contributed by atoms with Crippen molar-refractivity contribution in [2.24, 2.45) is 5.92 Å². The summed E-state index contributed by atoms with van der Waals surface area (Å²) in [5, 5.41) is 12.5. The molecule has 0 atom stereocenters. The molecule has 1 heterocycles. The van der Waals surface area contributed by atoms with E-state index in [2.05, 4.69) is 24.1 Å². The van der Waals surface area contributed by atoms with Gasteiger partial charge in [0.1, 0.15) is 17.1 Å². The van der Waals surface area contributed by atoms with Gasteiger partial charge in [0, 0.05) is 25.0 Å². The van der Waals surface area contributed by atoms with Gasteiger partial charge in [-0.15, -0.1) is 0 Å². The van der Waals surface area contributed by atoms with Gasteiger partial charge in [0.2, 0.25) is 0 Å². The van der Waals surface area contributed by atoms with E-state index >= 15 is 0 Å². The molecule has 0 fully saturated rings. The molecule has 2 aromatic rings. The standard InChI is InChI=1S/C18H22N2O3/c1-13(2)7-9-19-11-14-3-5-15(6-4-14)23-17-8-10-20-12-16(17)18(21)22/h3-6,8,10,12-13,19H,7,9,11H2,1-2H3,(H,21,22). The SMILES string of the molecule is CC(C)CCNCc1ccc(Oc2ccncc2C(=O)O)cc1. The molecule has 0 amide bonds. The van der Waals surface area contributed by atoms with Gasteiger partial charge in [-0.3, -0.25) is 4.98 Å². The van der Waals surface area contributed by atoms with Crippen LogP contribution in [0.3, 0.4) is 0 Å². The van der Waals surface area contributed by atoms with Crippen molar-refractivity contribution in [2.45, 2.75) is 26.8 Å². The van der Waals surface area contributed by atoms with Crippen LogP contribution in [-0.4, -0.2) is 22.6 Å². The second-order valence-electron chi connectivity index (χ2n) is 5.78. The van der Waals surface area contributed by atoms with Crippen LogP contribution in [-0.2, 0) is 6.54 Å². The second-order valence-corrected chi connectivity index (χ2v) is 5.78. The van der Waals surface area contributed by atoms with Crippen molar-refractivity contribution in [1.82, 2.24) is 10.3 Å². The average Bonchev–Trinajstić information content (AvgIpc) is 2.53. The zero-order valence-electron chi connectivity index (χ0n) is 13.5. The Kier molecular flexibility index (Phi) is 6.11. The van der Waals surface area contributed by atoms with Crippen LogP contribution in [0.25, 0.3) is 0 Å². The Balaban J connectivity index is 1.94. The number of aromatic nitrogens is 1. The first kappa shape index (κ1) is 17.0. The fraction of sp³-hybridized carbons (Fsp3) is 0.333. The normalized spacial score (nSPS) is 10.7. The fourth-order valence-corrected chi connectivity index (χ4v) is 2.06. The van der Waals surface area contributed by atoms with E-state index in [4.69, 9.17) is 9.84 Å². The maximum absolute atomic E-state index is 11.1. The van der Waals surface area contributed by atoms with Crippen LogP contribution in [0, 0.1) is 5.92 Å². The molecule has 122 valence electrons. The molecule has 1 aromatic carbocycles. The van der Waals surface area contributed by atoms with Crippen molar-refractivity contribution in [3.8, 4) is 11.5 Å². The predicted octanol–water partition coefficient (Wildman–Crippen LogP) is 3.71. The van der Waals surface area contributed by atoms with Crippen LogP contribution in [0.15, 0.2) is 42.7 Å². The van der Waals surface area contributed by atoms with Crippen LogP contribution in [0.2, 0.25) is 0 Å². The molecule has 5 nitrogen and oxygen atoms in total. The van der Waals surface area contributed by atoms with Gasteiger partial charge in [0.25, 0.3) is 0 Å². The van der Waals surface area contributed by atoms with Crippen LogP contribution < -0.4 is 10.1 Å². The molecule has 0 aliphatic heterocycles. The highest BCUT2D eigenvalue weighted by Gasteiger charge is 2.11. The molecule has 0 aliphatic carbocycles. The third-order valence-electron chi connectivity index (χ3n) is 3.39. The van der Waals surface area contributed by atoms with Gasteiger partial charge >= 0.3 is 5.97 Å². The van der Waals surface area contributed by atoms with E-state index < -0.39 is 5.97 Å². The molecule has 1 aromatic heterocycles. The highest BCUT2D eigenvalue weighted by Crippen LogP contribution is 2.24. The lowest BCUT2D eigenvalue weighted by molar-refractivity contribution is 0.0693. The molecule has 5 heteroatoms. The van der Waals surface area contributed by atoms with E-state index in [9.17, 15) is 4.79 Å². The summed E-state index contributed by atoms with van der Waals surface area (Å²) in [4.78, 5) is 14.9. The molecule has 0 spiro atoms. The van der Waals surface area contributed by atoms with E-state index in [0.29, 0.717) is 11.7 Å². The summed E-state index contributed by atoms with van der Waals surface area (Å²) in [6.07, 6.45) is 3.95. The molecule has 0 radical (unpaired) electrons. The maximum Gasteiger partial charge on any atom is 0.341 e. The largest absolute Gasteiger partial charge is 0.477 e. The summed E-state index contributed by atoms with van der Waals surface area (Å²) in [6.45, 7) is 6.22. The van der Waals surface area contributed by atoms with Crippen LogP contribution >= 0.6 is 0 Å². The van der Waals surface area contributed by atoms with Gasteiger partial charge in [0.05, 0.1) is 0 Å². The monoisotopic (exact) mass is 314 g/mol. The summed E-state index contributed by atoms with van der Waals surface area (Å²) < 4.78 is 5.64. The number of carbonyl (C=O) groups is 1. The molecule has 23 heavy (non-hydrogen) atoms. The highest BCUT2D eigenvalue weighted by atomic mass is 16.5. The summed E-state index contributed by atoms with van der Waals surface area (Å²) in [5.41, 5.74) is 1.21. The predicted molar refractivity (Wildman–Crippen MR) is 88.9 cm³/mol. The van der Waals surface area contributed by atoms with Crippen LogP contribution in [0.4, 0.5) is 0 Å². The van der Waals surface area contributed by atoms with Crippen molar-refractivity contribution in [1.29, 1.82) is 0 Å². The van der Waals surface area contributed by atoms with E-state index in [1.54, 1.807) is 6.07 Å². The van der Waals surface area contributed by atoms with Crippen LogP contribution in [0.5, 0.6) is 11.5 Å². The Hall–Kier alpha value is -2.40.